The lowest BCUT2D eigenvalue weighted by Crippen LogP contribution is -1.87. The number of rotatable bonds is 4. The van der Waals surface area contributed by atoms with E-state index in [2.05, 4.69) is 6.07 Å². The first-order valence-electron chi connectivity index (χ1n) is 6.15. The normalized spacial score (nSPS) is 21.3. The molecule has 2 nitrogen and oxygen atoms in total. The molecule has 2 aromatic rings. The highest BCUT2D eigenvalue weighted by Gasteiger charge is 2.38. The van der Waals surface area contributed by atoms with Gasteiger partial charge in [0.1, 0.15) is 17.8 Å². The summed E-state index contributed by atoms with van der Waals surface area (Å²) in [4.78, 5) is 10.7. The molecule has 0 unspecified atom stereocenters. The summed E-state index contributed by atoms with van der Waals surface area (Å²) in [7, 11) is 0. The SMILES string of the molecule is O=C[C@@H]1C[C@H]1c1cccc(Oc2ccccc2)c1. The Hall–Kier alpha value is -2.09. The fourth-order valence-corrected chi connectivity index (χ4v) is 2.18. The minimum Gasteiger partial charge on any atom is -0.457 e. The molecule has 0 aliphatic heterocycles. The van der Waals surface area contributed by atoms with Gasteiger partial charge in [-0.05, 0) is 42.2 Å². The van der Waals surface area contributed by atoms with Crippen LogP contribution < -0.4 is 4.74 Å². The second kappa shape index (κ2) is 4.65. The molecule has 2 heteroatoms. The lowest BCUT2D eigenvalue weighted by Gasteiger charge is -2.07. The number of hydrogen-bond donors (Lipinski definition) is 0. The maximum Gasteiger partial charge on any atom is 0.127 e. The van der Waals surface area contributed by atoms with Gasteiger partial charge in [0.15, 0.2) is 0 Å². The van der Waals surface area contributed by atoms with E-state index in [9.17, 15) is 4.79 Å². The number of carbonyl (C=O) groups is 1. The van der Waals surface area contributed by atoms with Crippen LogP contribution in [0.4, 0.5) is 0 Å². The fraction of sp³-hybridized carbons (Fsp3) is 0.188. The smallest absolute Gasteiger partial charge is 0.127 e. The molecule has 0 bridgehead atoms. The molecule has 1 fully saturated rings. The molecule has 0 radical (unpaired) electrons. The number of carbonyl (C=O) groups excluding carboxylic acids is 1. The van der Waals surface area contributed by atoms with Crippen LogP contribution in [0.3, 0.4) is 0 Å². The van der Waals surface area contributed by atoms with Gasteiger partial charge in [0, 0.05) is 5.92 Å². The minimum atomic E-state index is 0.206. The van der Waals surface area contributed by atoms with Crippen LogP contribution in [0.2, 0.25) is 0 Å². The molecule has 90 valence electrons. The maximum atomic E-state index is 10.7. The molecule has 1 aliphatic rings. The number of benzene rings is 2. The van der Waals surface area contributed by atoms with E-state index in [4.69, 9.17) is 4.74 Å². The Balaban J connectivity index is 1.77. The van der Waals surface area contributed by atoms with Gasteiger partial charge in [-0.15, -0.1) is 0 Å². The molecule has 2 atom stereocenters. The predicted octanol–water partition coefficient (Wildman–Crippen LogP) is 3.78. The Morgan fingerprint density at radius 3 is 2.50 bits per heavy atom. The van der Waals surface area contributed by atoms with E-state index in [1.807, 2.05) is 48.5 Å². The quantitative estimate of drug-likeness (QED) is 0.758. The maximum absolute atomic E-state index is 10.7. The second-order valence-electron chi connectivity index (χ2n) is 4.63. The number of aldehydes is 1. The number of para-hydroxylation sites is 1. The van der Waals surface area contributed by atoms with Gasteiger partial charge in [-0.3, -0.25) is 0 Å². The Bertz CT molecular complexity index is 548. The van der Waals surface area contributed by atoms with Crippen LogP contribution in [0.25, 0.3) is 0 Å². The average molecular weight is 238 g/mol. The minimum absolute atomic E-state index is 0.206. The third-order valence-corrected chi connectivity index (χ3v) is 3.28. The van der Waals surface area contributed by atoms with Gasteiger partial charge in [0.25, 0.3) is 0 Å². The molecule has 0 saturated heterocycles. The van der Waals surface area contributed by atoms with E-state index in [0.29, 0.717) is 5.92 Å². The number of ether oxygens (including phenoxy) is 1. The molecule has 0 heterocycles. The lowest BCUT2D eigenvalue weighted by atomic mass is 10.1. The molecule has 1 aliphatic carbocycles. The Morgan fingerprint density at radius 1 is 1.00 bits per heavy atom. The molecule has 1 saturated carbocycles. The largest absolute Gasteiger partial charge is 0.457 e. The van der Waals surface area contributed by atoms with E-state index in [1.54, 1.807) is 0 Å². The van der Waals surface area contributed by atoms with E-state index < -0.39 is 0 Å². The van der Waals surface area contributed by atoms with Crippen LogP contribution in [0.1, 0.15) is 17.9 Å². The van der Waals surface area contributed by atoms with Crippen molar-refractivity contribution in [2.75, 3.05) is 0 Å². The highest BCUT2D eigenvalue weighted by atomic mass is 16.5. The first kappa shape index (κ1) is 11.0. The van der Waals surface area contributed by atoms with Gasteiger partial charge >= 0.3 is 0 Å². The van der Waals surface area contributed by atoms with Gasteiger partial charge in [-0.2, -0.15) is 0 Å². The van der Waals surface area contributed by atoms with Gasteiger partial charge in [0.05, 0.1) is 0 Å². The molecular weight excluding hydrogens is 224 g/mol. The fourth-order valence-electron chi connectivity index (χ4n) is 2.18. The summed E-state index contributed by atoms with van der Waals surface area (Å²) in [6.45, 7) is 0. The topological polar surface area (TPSA) is 26.3 Å². The molecule has 0 aromatic heterocycles. The molecule has 0 N–H and O–H groups in total. The van der Waals surface area contributed by atoms with Crippen molar-refractivity contribution >= 4 is 6.29 Å². The monoisotopic (exact) mass is 238 g/mol. The van der Waals surface area contributed by atoms with Crippen LogP contribution in [-0.2, 0) is 4.79 Å². The van der Waals surface area contributed by atoms with Gasteiger partial charge in [-0.1, -0.05) is 30.3 Å². The van der Waals surface area contributed by atoms with Crippen molar-refractivity contribution < 1.29 is 9.53 Å². The van der Waals surface area contributed by atoms with Crippen LogP contribution >= 0.6 is 0 Å². The molecule has 2 aromatic carbocycles. The summed E-state index contributed by atoms with van der Waals surface area (Å²) in [5.41, 5.74) is 1.19. The Kier molecular flexibility index (Phi) is 2.85. The van der Waals surface area contributed by atoms with E-state index >= 15 is 0 Å². The first-order chi connectivity index (χ1) is 8.86. The third-order valence-electron chi connectivity index (χ3n) is 3.28. The molecular formula is C16H14O2. The number of hydrogen-bond acceptors (Lipinski definition) is 2. The van der Waals surface area contributed by atoms with Crippen molar-refractivity contribution in [1.29, 1.82) is 0 Å². The standard InChI is InChI=1S/C16H14O2/c17-11-13-10-16(13)12-5-4-8-15(9-12)18-14-6-2-1-3-7-14/h1-9,11,13,16H,10H2/t13-,16-/m0/s1. The predicted molar refractivity (Wildman–Crippen MR) is 69.9 cm³/mol. The highest BCUT2D eigenvalue weighted by molar-refractivity contribution is 5.61. The summed E-state index contributed by atoms with van der Waals surface area (Å²) >= 11 is 0. The Labute approximate surface area is 106 Å². The summed E-state index contributed by atoms with van der Waals surface area (Å²) in [6.07, 6.45) is 2.02. The van der Waals surface area contributed by atoms with Crippen molar-refractivity contribution in [3.05, 3.63) is 60.2 Å². The average Bonchev–Trinajstić information content (AvgIpc) is 3.20. The van der Waals surface area contributed by atoms with Crippen LogP contribution in [0.15, 0.2) is 54.6 Å². The van der Waals surface area contributed by atoms with Crippen molar-refractivity contribution in [2.24, 2.45) is 5.92 Å². The molecule has 3 rings (SSSR count). The van der Waals surface area contributed by atoms with Crippen LogP contribution in [0, 0.1) is 5.92 Å². The summed E-state index contributed by atoms with van der Waals surface area (Å²) in [6, 6.07) is 17.7. The van der Waals surface area contributed by atoms with Crippen LogP contribution in [-0.4, -0.2) is 6.29 Å². The van der Waals surface area contributed by atoms with Crippen molar-refractivity contribution in [3.63, 3.8) is 0 Å². The summed E-state index contributed by atoms with van der Waals surface area (Å²) in [5, 5.41) is 0. The zero-order valence-electron chi connectivity index (χ0n) is 9.95. The Morgan fingerprint density at radius 2 is 1.78 bits per heavy atom. The summed E-state index contributed by atoms with van der Waals surface area (Å²) in [5.74, 6) is 2.26. The van der Waals surface area contributed by atoms with Crippen LogP contribution in [0.5, 0.6) is 11.5 Å². The molecule has 18 heavy (non-hydrogen) atoms. The zero-order chi connectivity index (χ0) is 12.4. The van der Waals surface area contributed by atoms with E-state index in [-0.39, 0.29) is 5.92 Å². The molecule has 0 spiro atoms. The highest BCUT2D eigenvalue weighted by Crippen LogP contribution is 2.46. The van der Waals surface area contributed by atoms with E-state index in [1.165, 1.54) is 5.56 Å². The van der Waals surface area contributed by atoms with Crippen molar-refractivity contribution in [1.82, 2.24) is 0 Å². The zero-order valence-corrected chi connectivity index (χ0v) is 9.95. The van der Waals surface area contributed by atoms with Crippen molar-refractivity contribution in [2.45, 2.75) is 12.3 Å². The third kappa shape index (κ3) is 2.28. The van der Waals surface area contributed by atoms with Gasteiger partial charge < -0.3 is 9.53 Å². The van der Waals surface area contributed by atoms with Gasteiger partial charge in [0.2, 0.25) is 0 Å². The first-order valence-corrected chi connectivity index (χ1v) is 6.15. The van der Waals surface area contributed by atoms with E-state index in [0.717, 1.165) is 24.2 Å². The second-order valence-corrected chi connectivity index (χ2v) is 4.63. The van der Waals surface area contributed by atoms with Gasteiger partial charge in [-0.25, -0.2) is 0 Å². The lowest BCUT2D eigenvalue weighted by molar-refractivity contribution is -0.108. The molecule has 0 amide bonds. The summed E-state index contributed by atoms with van der Waals surface area (Å²) < 4.78 is 5.78. The van der Waals surface area contributed by atoms with Crippen molar-refractivity contribution in [3.8, 4) is 11.5 Å².